The molecular weight excluding hydrogens is 321 g/mol. The normalized spacial score (nSPS) is 10.3. The van der Waals surface area contributed by atoms with Gasteiger partial charge in [-0.05, 0) is 36.8 Å². The maximum atomic E-state index is 11.9. The molecule has 2 aromatic carbocycles. The van der Waals surface area contributed by atoms with Gasteiger partial charge in [-0.15, -0.1) is 0 Å². The van der Waals surface area contributed by atoms with Crippen LogP contribution in [0.25, 0.3) is 0 Å². The molecule has 1 N–H and O–H groups in total. The van der Waals surface area contributed by atoms with E-state index in [0.29, 0.717) is 34.5 Å². The summed E-state index contributed by atoms with van der Waals surface area (Å²) in [4.78, 5) is 11.9. The van der Waals surface area contributed by atoms with E-state index in [1.165, 1.54) is 0 Å². The Bertz CT molecular complexity index is 659. The lowest BCUT2D eigenvalue weighted by atomic mass is 10.2. The average Bonchev–Trinajstić information content (AvgIpc) is 2.52. The van der Waals surface area contributed by atoms with Crippen molar-refractivity contribution in [2.45, 2.75) is 20.0 Å². The maximum Gasteiger partial charge on any atom is 0.251 e. The average molecular weight is 338 g/mol. The summed E-state index contributed by atoms with van der Waals surface area (Å²) in [5.74, 6) is 0.520. The Kier molecular flexibility index (Phi) is 6.10. The van der Waals surface area contributed by atoms with Gasteiger partial charge in [0.15, 0.2) is 0 Å². The molecule has 2 rings (SSSR count). The molecule has 0 radical (unpaired) electrons. The zero-order chi connectivity index (χ0) is 15.9. The third-order valence-electron chi connectivity index (χ3n) is 3.04. The van der Waals surface area contributed by atoms with Crippen molar-refractivity contribution in [1.82, 2.24) is 5.32 Å². The molecule has 0 spiro atoms. The van der Waals surface area contributed by atoms with Crippen LogP contribution in [0, 0.1) is 0 Å². The highest BCUT2D eigenvalue weighted by atomic mass is 35.5. The first-order valence-electron chi connectivity index (χ1n) is 7.05. The first-order chi connectivity index (χ1) is 10.6. The van der Waals surface area contributed by atoms with Crippen molar-refractivity contribution in [3.63, 3.8) is 0 Å². The molecule has 22 heavy (non-hydrogen) atoms. The molecule has 0 aliphatic carbocycles. The minimum Gasteiger partial charge on any atom is -0.489 e. The second kappa shape index (κ2) is 8.06. The summed E-state index contributed by atoms with van der Waals surface area (Å²) in [6.45, 7) is 2.98. The quantitative estimate of drug-likeness (QED) is 0.828. The standard InChI is InChI=1S/C17H17Cl2NO2/c1-2-8-20-17(21)12-4-3-5-15(9-12)22-11-13-6-7-14(18)10-16(13)19/h3-7,9-10H,2,8,11H2,1H3,(H,20,21). The van der Waals surface area contributed by atoms with Crippen LogP contribution in [0.15, 0.2) is 42.5 Å². The van der Waals surface area contributed by atoms with E-state index in [4.69, 9.17) is 27.9 Å². The topological polar surface area (TPSA) is 38.3 Å². The van der Waals surface area contributed by atoms with Crippen LogP contribution in [0.5, 0.6) is 5.75 Å². The molecule has 0 saturated heterocycles. The fourth-order valence-corrected chi connectivity index (χ4v) is 2.33. The van der Waals surface area contributed by atoms with Gasteiger partial charge in [0.05, 0.1) is 0 Å². The van der Waals surface area contributed by atoms with E-state index in [2.05, 4.69) is 5.32 Å². The molecule has 1 amide bonds. The number of amides is 1. The van der Waals surface area contributed by atoms with Crippen LogP contribution in [0.3, 0.4) is 0 Å². The number of halogens is 2. The number of rotatable bonds is 6. The third kappa shape index (κ3) is 4.65. The van der Waals surface area contributed by atoms with Crippen LogP contribution in [0.1, 0.15) is 29.3 Å². The predicted octanol–water partition coefficient (Wildman–Crippen LogP) is 4.71. The summed E-state index contributed by atoms with van der Waals surface area (Å²) >= 11 is 12.0. The second-order valence-electron chi connectivity index (χ2n) is 4.81. The summed E-state index contributed by atoms with van der Waals surface area (Å²) in [7, 11) is 0. The van der Waals surface area contributed by atoms with E-state index in [1.54, 1.807) is 36.4 Å². The van der Waals surface area contributed by atoms with Gasteiger partial charge in [0.25, 0.3) is 5.91 Å². The van der Waals surface area contributed by atoms with Crippen LogP contribution in [0.2, 0.25) is 10.0 Å². The van der Waals surface area contributed by atoms with Crippen molar-refractivity contribution in [3.8, 4) is 5.75 Å². The smallest absolute Gasteiger partial charge is 0.251 e. The van der Waals surface area contributed by atoms with Crippen molar-refractivity contribution in [3.05, 3.63) is 63.6 Å². The molecule has 3 nitrogen and oxygen atoms in total. The minimum atomic E-state index is -0.100. The molecule has 0 saturated carbocycles. The van der Waals surface area contributed by atoms with Crippen LogP contribution < -0.4 is 10.1 Å². The van der Waals surface area contributed by atoms with Gasteiger partial charge in [0, 0.05) is 27.7 Å². The Balaban J connectivity index is 2.02. The van der Waals surface area contributed by atoms with Gasteiger partial charge < -0.3 is 10.1 Å². The minimum absolute atomic E-state index is 0.100. The number of ether oxygens (including phenoxy) is 1. The van der Waals surface area contributed by atoms with Crippen LogP contribution in [-0.4, -0.2) is 12.5 Å². The lowest BCUT2D eigenvalue weighted by Gasteiger charge is -2.10. The van der Waals surface area contributed by atoms with Crippen molar-refractivity contribution in [1.29, 1.82) is 0 Å². The van der Waals surface area contributed by atoms with E-state index in [-0.39, 0.29) is 5.91 Å². The summed E-state index contributed by atoms with van der Waals surface area (Å²) in [5.41, 5.74) is 1.42. The van der Waals surface area contributed by atoms with Crippen LogP contribution >= 0.6 is 23.2 Å². The number of hydrogen-bond donors (Lipinski definition) is 1. The molecule has 2 aromatic rings. The Morgan fingerprint density at radius 3 is 2.73 bits per heavy atom. The zero-order valence-electron chi connectivity index (χ0n) is 12.2. The Morgan fingerprint density at radius 1 is 1.18 bits per heavy atom. The fourth-order valence-electron chi connectivity index (χ4n) is 1.87. The van der Waals surface area contributed by atoms with Gasteiger partial charge in [-0.3, -0.25) is 4.79 Å². The molecule has 0 aliphatic heterocycles. The molecule has 116 valence electrons. The molecule has 0 fully saturated rings. The summed E-state index contributed by atoms with van der Waals surface area (Å²) in [5, 5.41) is 3.98. The molecule has 0 aromatic heterocycles. The molecule has 0 aliphatic rings. The van der Waals surface area contributed by atoms with Crippen molar-refractivity contribution >= 4 is 29.1 Å². The van der Waals surface area contributed by atoms with Crippen molar-refractivity contribution < 1.29 is 9.53 Å². The van der Waals surface area contributed by atoms with E-state index >= 15 is 0 Å². The number of carbonyl (C=O) groups excluding carboxylic acids is 1. The number of hydrogen-bond acceptors (Lipinski definition) is 2. The lowest BCUT2D eigenvalue weighted by Crippen LogP contribution is -2.23. The summed E-state index contributed by atoms with van der Waals surface area (Å²) in [6, 6.07) is 12.3. The Labute approximate surface area is 140 Å². The third-order valence-corrected chi connectivity index (χ3v) is 3.63. The maximum absolute atomic E-state index is 11.9. The molecule has 0 atom stereocenters. The highest BCUT2D eigenvalue weighted by Gasteiger charge is 2.07. The summed E-state index contributed by atoms with van der Waals surface area (Å²) < 4.78 is 5.70. The molecule has 0 heterocycles. The van der Waals surface area contributed by atoms with Gasteiger partial charge in [0.2, 0.25) is 0 Å². The first-order valence-corrected chi connectivity index (χ1v) is 7.80. The molecule has 0 unspecified atom stereocenters. The van der Waals surface area contributed by atoms with Crippen molar-refractivity contribution in [2.24, 2.45) is 0 Å². The van der Waals surface area contributed by atoms with Gasteiger partial charge >= 0.3 is 0 Å². The molecule has 5 heteroatoms. The van der Waals surface area contributed by atoms with Crippen LogP contribution in [0.4, 0.5) is 0 Å². The molecule has 0 bridgehead atoms. The fraction of sp³-hybridized carbons (Fsp3) is 0.235. The van der Waals surface area contributed by atoms with Crippen LogP contribution in [-0.2, 0) is 6.61 Å². The first kappa shape index (κ1) is 16.7. The van der Waals surface area contributed by atoms with Gasteiger partial charge in [-0.2, -0.15) is 0 Å². The van der Waals surface area contributed by atoms with Crippen molar-refractivity contribution in [2.75, 3.05) is 6.54 Å². The highest BCUT2D eigenvalue weighted by molar-refractivity contribution is 6.35. The van der Waals surface area contributed by atoms with E-state index in [1.807, 2.05) is 13.0 Å². The lowest BCUT2D eigenvalue weighted by molar-refractivity contribution is 0.0953. The Morgan fingerprint density at radius 2 is 2.00 bits per heavy atom. The largest absolute Gasteiger partial charge is 0.489 e. The molecular formula is C17H17Cl2NO2. The van der Waals surface area contributed by atoms with E-state index < -0.39 is 0 Å². The number of nitrogens with one attached hydrogen (secondary N) is 1. The number of benzene rings is 2. The number of carbonyl (C=O) groups is 1. The van der Waals surface area contributed by atoms with Gasteiger partial charge in [0.1, 0.15) is 12.4 Å². The Hall–Kier alpha value is -1.71. The SMILES string of the molecule is CCCNC(=O)c1cccc(OCc2ccc(Cl)cc2Cl)c1. The summed E-state index contributed by atoms with van der Waals surface area (Å²) in [6.07, 6.45) is 0.900. The highest BCUT2D eigenvalue weighted by Crippen LogP contribution is 2.23. The van der Waals surface area contributed by atoms with Gasteiger partial charge in [-0.25, -0.2) is 0 Å². The zero-order valence-corrected chi connectivity index (χ0v) is 13.7. The predicted molar refractivity (Wildman–Crippen MR) is 89.9 cm³/mol. The monoisotopic (exact) mass is 337 g/mol. The van der Waals surface area contributed by atoms with E-state index in [9.17, 15) is 4.79 Å². The second-order valence-corrected chi connectivity index (χ2v) is 5.65. The van der Waals surface area contributed by atoms with E-state index in [0.717, 1.165) is 12.0 Å². The van der Waals surface area contributed by atoms with Gasteiger partial charge in [-0.1, -0.05) is 42.3 Å².